The summed E-state index contributed by atoms with van der Waals surface area (Å²) in [6.07, 6.45) is 0.570. The first-order valence-corrected chi connectivity index (χ1v) is 6.46. The van der Waals surface area contributed by atoms with Crippen LogP contribution in [0.15, 0.2) is 22.7 Å². The number of amides is 1. The van der Waals surface area contributed by atoms with Gasteiger partial charge in [0.2, 0.25) is 0 Å². The smallest absolute Gasteiger partial charge is 0.251 e. The number of hydrogen-bond donors (Lipinski definition) is 2. The third-order valence-corrected chi connectivity index (χ3v) is 3.07. The number of benzene rings is 1. The SMILES string of the molecule is C[C@H](Cc1ccc(F)c(Br)c1)NC(=O)C(C)(C)O. The average Bonchev–Trinajstić information content (AvgIpc) is 2.22. The number of carbonyl (C=O) groups is 1. The maximum absolute atomic E-state index is 13.1. The molecule has 1 rings (SSSR count). The van der Waals surface area contributed by atoms with Crippen molar-refractivity contribution in [1.29, 1.82) is 0 Å². The molecule has 3 nitrogen and oxygen atoms in total. The molecule has 1 amide bonds. The number of aliphatic hydroxyl groups is 1. The highest BCUT2D eigenvalue weighted by Crippen LogP contribution is 2.17. The van der Waals surface area contributed by atoms with E-state index in [1.807, 2.05) is 6.92 Å². The second kappa shape index (κ2) is 5.80. The van der Waals surface area contributed by atoms with Crippen molar-refractivity contribution in [3.05, 3.63) is 34.1 Å². The van der Waals surface area contributed by atoms with Crippen molar-refractivity contribution < 1.29 is 14.3 Å². The second-order valence-electron chi connectivity index (χ2n) is 4.89. The minimum Gasteiger partial charge on any atom is -0.381 e. The summed E-state index contributed by atoms with van der Waals surface area (Å²) in [6, 6.07) is 4.60. The lowest BCUT2D eigenvalue weighted by Gasteiger charge is -2.21. The highest BCUT2D eigenvalue weighted by atomic mass is 79.9. The van der Waals surface area contributed by atoms with Crippen LogP contribution in [-0.4, -0.2) is 22.7 Å². The van der Waals surface area contributed by atoms with Gasteiger partial charge < -0.3 is 10.4 Å². The van der Waals surface area contributed by atoms with Gasteiger partial charge in [0.15, 0.2) is 0 Å². The quantitative estimate of drug-likeness (QED) is 0.896. The van der Waals surface area contributed by atoms with Crippen LogP contribution < -0.4 is 5.32 Å². The van der Waals surface area contributed by atoms with Crippen LogP contribution in [0.5, 0.6) is 0 Å². The Labute approximate surface area is 115 Å². The van der Waals surface area contributed by atoms with E-state index in [0.29, 0.717) is 10.9 Å². The Morgan fingerprint density at radius 1 is 1.56 bits per heavy atom. The van der Waals surface area contributed by atoms with Crippen LogP contribution in [0.2, 0.25) is 0 Å². The fourth-order valence-corrected chi connectivity index (χ4v) is 1.90. The zero-order valence-corrected chi connectivity index (χ0v) is 12.2. The third-order valence-electron chi connectivity index (χ3n) is 2.46. The van der Waals surface area contributed by atoms with E-state index in [1.165, 1.54) is 19.9 Å². The molecular weight excluding hydrogens is 301 g/mol. The molecule has 0 aliphatic carbocycles. The van der Waals surface area contributed by atoms with E-state index >= 15 is 0 Å². The molecule has 0 aromatic heterocycles. The lowest BCUT2D eigenvalue weighted by atomic mass is 10.0. The molecule has 0 aliphatic rings. The zero-order valence-electron chi connectivity index (χ0n) is 10.6. The standard InChI is InChI=1S/C13H17BrFNO2/c1-8(16-12(17)13(2,3)18)6-9-4-5-11(15)10(14)7-9/h4-5,7-8,18H,6H2,1-3H3,(H,16,17)/t8-/m1/s1. The van der Waals surface area contributed by atoms with Gasteiger partial charge in [-0.1, -0.05) is 6.07 Å². The van der Waals surface area contributed by atoms with Gasteiger partial charge in [-0.2, -0.15) is 0 Å². The van der Waals surface area contributed by atoms with Crippen molar-refractivity contribution in [2.24, 2.45) is 0 Å². The largest absolute Gasteiger partial charge is 0.381 e. The van der Waals surface area contributed by atoms with Gasteiger partial charge >= 0.3 is 0 Å². The summed E-state index contributed by atoms with van der Waals surface area (Å²) < 4.78 is 13.5. The average molecular weight is 318 g/mol. The Morgan fingerprint density at radius 3 is 2.67 bits per heavy atom. The number of hydrogen-bond acceptors (Lipinski definition) is 2. The molecule has 0 heterocycles. The lowest BCUT2D eigenvalue weighted by Crippen LogP contribution is -2.46. The molecule has 0 fully saturated rings. The minimum absolute atomic E-state index is 0.138. The lowest BCUT2D eigenvalue weighted by molar-refractivity contribution is -0.137. The molecule has 0 saturated heterocycles. The normalized spacial score (nSPS) is 13.2. The Bertz CT molecular complexity index is 443. The van der Waals surface area contributed by atoms with E-state index in [0.717, 1.165) is 5.56 Å². The summed E-state index contributed by atoms with van der Waals surface area (Å²) in [5.41, 5.74) is -0.482. The summed E-state index contributed by atoms with van der Waals surface area (Å²) in [5, 5.41) is 12.2. The van der Waals surface area contributed by atoms with E-state index in [9.17, 15) is 14.3 Å². The molecule has 1 aromatic rings. The molecule has 18 heavy (non-hydrogen) atoms. The van der Waals surface area contributed by atoms with Gasteiger partial charge in [-0.15, -0.1) is 0 Å². The number of halogens is 2. The summed E-state index contributed by atoms with van der Waals surface area (Å²) >= 11 is 3.12. The van der Waals surface area contributed by atoms with Gasteiger partial charge in [-0.05, 0) is 60.8 Å². The summed E-state index contributed by atoms with van der Waals surface area (Å²) in [6.45, 7) is 4.70. The molecule has 100 valence electrons. The summed E-state index contributed by atoms with van der Waals surface area (Å²) in [5.74, 6) is -0.733. The van der Waals surface area contributed by atoms with Crippen LogP contribution in [0, 0.1) is 5.82 Å². The Balaban J connectivity index is 2.62. The van der Waals surface area contributed by atoms with Crippen molar-refractivity contribution in [3.63, 3.8) is 0 Å². The van der Waals surface area contributed by atoms with Crippen LogP contribution in [0.1, 0.15) is 26.3 Å². The second-order valence-corrected chi connectivity index (χ2v) is 5.74. The molecule has 0 unspecified atom stereocenters. The first kappa shape index (κ1) is 15.1. The van der Waals surface area contributed by atoms with E-state index < -0.39 is 11.5 Å². The molecule has 0 bridgehead atoms. The Kier molecular flexibility index (Phi) is 4.87. The topological polar surface area (TPSA) is 49.3 Å². The summed E-state index contributed by atoms with van der Waals surface area (Å²) in [4.78, 5) is 11.6. The molecule has 0 saturated carbocycles. The molecule has 2 N–H and O–H groups in total. The van der Waals surface area contributed by atoms with Gasteiger partial charge in [0, 0.05) is 6.04 Å². The predicted octanol–water partition coefficient (Wildman–Crippen LogP) is 2.41. The highest BCUT2D eigenvalue weighted by molar-refractivity contribution is 9.10. The van der Waals surface area contributed by atoms with Gasteiger partial charge in [-0.25, -0.2) is 4.39 Å². The number of carbonyl (C=O) groups excluding carboxylic acids is 1. The molecule has 1 atom stereocenters. The van der Waals surface area contributed by atoms with Crippen LogP contribution in [0.3, 0.4) is 0 Å². The fourth-order valence-electron chi connectivity index (χ4n) is 1.47. The molecule has 1 aromatic carbocycles. The molecule has 0 spiro atoms. The third kappa shape index (κ3) is 4.38. The van der Waals surface area contributed by atoms with Crippen molar-refractivity contribution in [1.82, 2.24) is 5.32 Å². The van der Waals surface area contributed by atoms with Crippen LogP contribution >= 0.6 is 15.9 Å². The van der Waals surface area contributed by atoms with E-state index in [-0.39, 0.29) is 11.9 Å². The van der Waals surface area contributed by atoms with Gasteiger partial charge in [0.1, 0.15) is 11.4 Å². The van der Waals surface area contributed by atoms with E-state index in [1.54, 1.807) is 12.1 Å². The first-order valence-electron chi connectivity index (χ1n) is 5.67. The Hall–Kier alpha value is -0.940. The maximum atomic E-state index is 13.1. The molecule has 0 radical (unpaired) electrons. The van der Waals surface area contributed by atoms with Crippen LogP contribution in [0.25, 0.3) is 0 Å². The number of nitrogens with one attached hydrogen (secondary N) is 1. The van der Waals surface area contributed by atoms with Gasteiger partial charge in [0.05, 0.1) is 4.47 Å². The predicted molar refractivity (Wildman–Crippen MR) is 71.7 cm³/mol. The van der Waals surface area contributed by atoms with Crippen LogP contribution in [-0.2, 0) is 11.2 Å². The van der Waals surface area contributed by atoms with Gasteiger partial charge in [0.25, 0.3) is 5.91 Å². The van der Waals surface area contributed by atoms with Crippen molar-refractivity contribution in [3.8, 4) is 0 Å². The number of rotatable bonds is 4. The van der Waals surface area contributed by atoms with E-state index in [4.69, 9.17) is 0 Å². The van der Waals surface area contributed by atoms with Gasteiger partial charge in [-0.3, -0.25) is 4.79 Å². The molecular formula is C13H17BrFNO2. The van der Waals surface area contributed by atoms with Crippen LogP contribution in [0.4, 0.5) is 4.39 Å². The molecule has 0 aliphatic heterocycles. The first-order chi connectivity index (χ1) is 8.20. The maximum Gasteiger partial charge on any atom is 0.251 e. The van der Waals surface area contributed by atoms with E-state index in [2.05, 4.69) is 21.2 Å². The van der Waals surface area contributed by atoms with Crippen molar-refractivity contribution >= 4 is 21.8 Å². The van der Waals surface area contributed by atoms with Crippen molar-refractivity contribution in [2.75, 3.05) is 0 Å². The Morgan fingerprint density at radius 2 is 2.17 bits per heavy atom. The molecule has 5 heteroatoms. The summed E-state index contributed by atoms with van der Waals surface area (Å²) in [7, 11) is 0. The fraction of sp³-hybridized carbons (Fsp3) is 0.462. The van der Waals surface area contributed by atoms with Crippen molar-refractivity contribution in [2.45, 2.75) is 38.8 Å². The monoisotopic (exact) mass is 317 g/mol. The minimum atomic E-state index is -1.39. The highest BCUT2D eigenvalue weighted by Gasteiger charge is 2.24. The zero-order chi connectivity index (χ0) is 13.9.